The summed E-state index contributed by atoms with van der Waals surface area (Å²) in [5.74, 6) is 3.00. The summed E-state index contributed by atoms with van der Waals surface area (Å²) >= 11 is 0. The van der Waals surface area contributed by atoms with Gasteiger partial charge in [-0.15, -0.1) is 0 Å². The molecule has 0 radical (unpaired) electrons. The van der Waals surface area contributed by atoms with Crippen LogP contribution in [0.1, 0.15) is 213 Å². The first kappa shape index (κ1) is 42.3. The van der Waals surface area contributed by atoms with Crippen LogP contribution in [0.3, 0.4) is 0 Å². The molecule has 0 aromatic carbocycles. The van der Waals surface area contributed by atoms with Gasteiger partial charge in [0.15, 0.2) is 0 Å². The van der Waals surface area contributed by atoms with Gasteiger partial charge in [-0.3, -0.25) is 14.7 Å². The Bertz CT molecular complexity index is 907. The lowest BCUT2D eigenvalue weighted by molar-refractivity contribution is 0.0129. The van der Waals surface area contributed by atoms with Gasteiger partial charge < -0.3 is 0 Å². The summed E-state index contributed by atoms with van der Waals surface area (Å²) in [4.78, 5) is 8.92. The lowest BCUT2D eigenvalue weighted by Crippen LogP contribution is -2.54. The quantitative estimate of drug-likeness (QED) is 0.119. The van der Waals surface area contributed by atoms with Gasteiger partial charge in [0.25, 0.3) is 0 Å². The van der Waals surface area contributed by atoms with E-state index in [1.165, 1.54) is 129 Å². The third-order valence-electron chi connectivity index (χ3n) is 14.9. The van der Waals surface area contributed by atoms with Crippen molar-refractivity contribution < 1.29 is 0 Å². The highest BCUT2D eigenvalue weighted by atomic mass is 15.3. The van der Waals surface area contributed by atoms with Crippen LogP contribution >= 0.6 is 0 Å². The van der Waals surface area contributed by atoms with Crippen LogP contribution in [-0.4, -0.2) is 67.6 Å². The maximum atomic E-state index is 2.99. The smallest absolute Gasteiger partial charge is 0.0190 e. The van der Waals surface area contributed by atoms with Crippen molar-refractivity contribution in [1.82, 2.24) is 14.7 Å². The number of hydrogen-bond acceptors (Lipinski definition) is 3. The summed E-state index contributed by atoms with van der Waals surface area (Å²) in [5, 5.41) is 0. The second kappa shape index (κ2) is 16.7. The van der Waals surface area contributed by atoms with Crippen LogP contribution in [0.4, 0.5) is 0 Å². The molecule has 3 unspecified atom stereocenters. The van der Waals surface area contributed by atoms with Gasteiger partial charge in [-0.25, -0.2) is 0 Å². The molecular formula is C45H89N3. The van der Waals surface area contributed by atoms with Gasteiger partial charge in [-0.05, 0) is 178 Å². The van der Waals surface area contributed by atoms with E-state index in [2.05, 4.69) is 119 Å². The minimum atomic E-state index is 0.227. The summed E-state index contributed by atoms with van der Waals surface area (Å²) in [6, 6.07) is 0. The molecule has 284 valence electrons. The maximum absolute atomic E-state index is 2.99. The van der Waals surface area contributed by atoms with Crippen LogP contribution in [-0.2, 0) is 0 Å². The zero-order valence-electron chi connectivity index (χ0n) is 35.8. The Labute approximate surface area is 303 Å². The van der Waals surface area contributed by atoms with Gasteiger partial charge in [0.1, 0.15) is 0 Å². The molecule has 48 heavy (non-hydrogen) atoms. The van der Waals surface area contributed by atoms with Crippen molar-refractivity contribution >= 4 is 0 Å². The first-order chi connectivity index (χ1) is 22.2. The molecule has 3 aliphatic heterocycles. The average Bonchev–Trinajstić information content (AvgIpc) is 3.36. The van der Waals surface area contributed by atoms with E-state index in [9.17, 15) is 0 Å². The fourth-order valence-electron chi connectivity index (χ4n) is 12.5. The van der Waals surface area contributed by atoms with E-state index in [4.69, 9.17) is 0 Å². The summed E-state index contributed by atoms with van der Waals surface area (Å²) in [6.45, 7) is 42.2. The standard InChI is InChI=1S/C45H89N3/c1-16-19-22-25-30-46-40(4,5)33-36(43(46,10)11)28-29-37(38-34-41(6,7)47(44(38,12)13)31-26-23-20-17-2)39-35-42(8,9)48(45(39,14)15)32-27-24-21-18-3/h36-39H,16-35H2,1-15H3. The van der Waals surface area contributed by atoms with E-state index in [0.29, 0.717) is 5.54 Å². The van der Waals surface area contributed by atoms with E-state index in [-0.39, 0.29) is 27.7 Å². The number of hydrogen-bond donors (Lipinski definition) is 0. The van der Waals surface area contributed by atoms with E-state index < -0.39 is 0 Å². The molecule has 0 bridgehead atoms. The molecule has 0 aromatic heterocycles. The first-order valence-electron chi connectivity index (χ1n) is 21.5. The largest absolute Gasteiger partial charge is 0.293 e. The van der Waals surface area contributed by atoms with Crippen molar-refractivity contribution in [3.8, 4) is 0 Å². The van der Waals surface area contributed by atoms with Gasteiger partial charge >= 0.3 is 0 Å². The molecule has 3 fully saturated rings. The van der Waals surface area contributed by atoms with Crippen LogP contribution < -0.4 is 0 Å². The van der Waals surface area contributed by atoms with Crippen LogP contribution in [0, 0.1) is 23.7 Å². The molecule has 0 spiro atoms. The van der Waals surface area contributed by atoms with Crippen LogP contribution in [0.2, 0.25) is 0 Å². The number of unbranched alkanes of at least 4 members (excludes halogenated alkanes) is 9. The van der Waals surface area contributed by atoms with Gasteiger partial charge in [-0.1, -0.05) is 78.6 Å². The third kappa shape index (κ3) is 9.26. The van der Waals surface area contributed by atoms with Crippen molar-refractivity contribution in [2.75, 3.05) is 19.6 Å². The Morgan fingerprint density at radius 2 is 0.771 bits per heavy atom. The second-order valence-corrected chi connectivity index (χ2v) is 20.8. The number of nitrogens with zero attached hydrogens (tertiary/aromatic N) is 3. The lowest BCUT2D eigenvalue weighted by atomic mass is 9.63. The first-order valence-corrected chi connectivity index (χ1v) is 21.5. The fourth-order valence-corrected chi connectivity index (χ4v) is 12.5. The molecule has 0 N–H and O–H groups in total. The predicted octanol–water partition coefficient (Wildman–Crippen LogP) is 12.8. The maximum Gasteiger partial charge on any atom is 0.0190 e. The predicted molar refractivity (Wildman–Crippen MR) is 214 cm³/mol. The van der Waals surface area contributed by atoms with Crippen molar-refractivity contribution in [3.05, 3.63) is 0 Å². The average molecular weight is 672 g/mol. The molecule has 3 rings (SSSR count). The van der Waals surface area contributed by atoms with Gasteiger partial charge in [0, 0.05) is 33.2 Å². The van der Waals surface area contributed by atoms with Gasteiger partial charge in [0.2, 0.25) is 0 Å². The van der Waals surface area contributed by atoms with E-state index in [1.807, 2.05) is 0 Å². The normalized spacial score (nSPS) is 29.9. The lowest BCUT2D eigenvalue weighted by Gasteiger charge is -2.48. The molecule has 0 saturated carbocycles. The van der Waals surface area contributed by atoms with Crippen LogP contribution in [0.15, 0.2) is 0 Å². The molecule has 3 atom stereocenters. The highest BCUT2D eigenvalue weighted by Gasteiger charge is 2.60. The molecule has 3 saturated heterocycles. The molecule has 3 heterocycles. The highest BCUT2D eigenvalue weighted by Crippen LogP contribution is 2.58. The Kier molecular flexibility index (Phi) is 14.7. The Balaban J connectivity index is 1.94. The van der Waals surface area contributed by atoms with E-state index in [0.717, 1.165) is 23.7 Å². The molecule has 0 aliphatic carbocycles. The van der Waals surface area contributed by atoms with Gasteiger partial charge in [0.05, 0.1) is 0 Å². The Hall–Kier alpha value is -0.120. The van der Waals surface area contributed by atoms with E-state index >= 15 is 0 Å². The Morgan fingerprint density at radius 1 is 0.438 bits per heavy atom. The number of likely N-dealkylation sites (tertiary alicyclic amines) is 3. The summed E-state index contributed by atoms with van der Waals surface area (Å²) in [5.41, 5.74) is 1.55. The van der Waals surface area contributed by atoms with Crippen molar-refractivity contribution in [1.29, 1.82) is 0 Å². The van der Waals surface area contributed by atoms with Crippen LogP contribution in [0.5, 0.6) is 0 Å². The molecule has 3 heteroatoms. The van der Waals surface area contributed by atoms with E-state index in [1.54, 1.807) is 0 Å². The second-order valence-electron chi connectivity index (χ2n) is 20.8. The Morgan fingerprint density at radius 3 is 1.12 bits per heavy atom. The molecule has 0 amide bonds. The SMILES string of the molecule is CCCCCCN1C(C)(C)CC(CCC(C2CC(C)(C)N(CCCCCC)C2(C)C)C2CC(C)(C)N(CCCCCC)C2(C)C)C1(C)C. The summed E-state index contributed by atoms with van der Waals surface area (Å²) in [6.07, 6.45) is 23.2. The summed E-state index contributed by atoms with van der Waals surface area (Å²) < 4.78 is 0. The summed E-state index contributed by atoms with van der Waals surface area (Å²) in [7, 11) is 0. The van der Waals surface area contributed by atoms with Crippen molar-refractivity contribution in [2.24, 2.45) is 23.7 Å². The van der Waals surface area contributed by atoms with Gasteiger partial charge in [-0.2, -0.15) is 0 Å². The minimum Gasteiger partial charge on any atom is -0.293 e. The fraction of sp³-hybridized carbons (Fsp3) is 1.00. The van der Waals surface area contributed by atoms with Crippen LogP contribution in [0.25, 0.3) is 0 Å². The minimum absolute atomic E-state index is 0.227. The molecule has 3 nitrogen and oxygen atoms in total. The number of rotatable bonds is 20. The zero-order chi connectivity index (χ0) is 36.2. The third-order valence-corrected chi connectivity index (χ3v) is 14.9. The van der Waals surface area contributed by atoms with Crippen molar-refractivity contribution in [3.63, 3.8) is 0 Å². The van der Waals surface area contributed by atoms with Crippen molar-refractivity contribution in [2.45, 2.75) is 246 Å². The zero-order valence-corrected chi connectivity index (χ0v) is 35.8. The molecule has 3 aliphatic rings. The topological polar surface area (TPSA) is 9.72 Å². The monoisotopic (exact) mass is 672 g/mol. The highest BCUT2D eigenvalue weighted by molar-refractivity contribution is 5.14. The molecule has 0 aromatic rings. The molecular weight excluding hydrogens is 583 g/mol.